The quantitative estimate of drug-likeness (QED) is 0.911. The van der Waals surface area contributed by atoms with Gasteiger partial charge in [0.05, 0.1) is 17.5 Å². The molecule has 0 saturated heterocycles. The number of thiazole rings is 1. The van der Waals surface area contributed by atoms with Crippen LogP contribution in [0.2, 0.25) is 0 Å². The Morgan fingerprint density at radius 3 is 2.85 bits per heavy atom. The molecule has 0 atom stereocenters. The van der Waals surface area contributed by atoms with Crippen molar-refractivity contribution in [3.05, 3.63) is 34.2 Å². The lowest BCUT2D eigenvalue weighted by Gasteiger charge is -2.06. The minimum Gasteiger partial charge on any atom is -0.469 e. The first kappa shape index (κ1) is 13.4. The largest absolute Gasteiger partial charge is 0.469 e. The average Bonchev–Trinajstić information content (AvgIpc) is 2.96. The van der Waals surface area contributed by atoms with Crippen molar-refractivity contribution in [2.24, 2.45) is 0 Å². The third-order valence-corrected chi connectivity index (χ3v) is 4.74. The van der Waals surface area contributed by atoms with Gasteiger partial charge < -0.3 is 4.42 Å². The molecular weight excluding hydrogens is 272 g/mol. The van der Waals surface area contributed by atoms with Gasteiger partial charge in [0.2, 0.25) is 0 Å². The molecule has 0 spiro atoms. The Balaban J connectivity index is 1.76. The molecule has 5 heteroatoms. The highest BCUT2D eigenvalue weighted by atomic mass is 32.1. The molecule has 0 radical (unpaired) electrons. The summed E-state index contributed by atoms with van der Waals surface area (Å²) in [5.41, 5.74) is 1.75. The fourth-order valence-corrected chi connectivity index (χ4v) is 3.59. The van der Waals surface area contributed by atoms with Crippen LogP contribution in [0.1, 0.15) is 52.4 Å². The molecule has 2 aromatic heterocycles. The Kier molecular flexibility index (Phi) is 3.87. The van der Waals surface area contributed by atoms with E-state index in [1.807, 2.05) is 0 Å². The molecule has 0 saturated carbocycles. The van der Waals surface area contributed by atoms with Gasteiger partial charge in [0.1, 0.15) is 5.76 Å². The van der Waals surface area contributed by atoms with Gasteiger partial charge >= 0.3 is 0 Å². The van der Waals surface area contributed by atoms with E-state index in [0.717, 1.165) is 12.8 Å². The summed E-state index contributed by atoms with van der Waals surface area (Å²) in [6.45, 7) is 1.79. The molecule has 106 valence electrons. The van der Waals surface area contributed by atoms with Crippen molar-refractivity contribution >= 4 is 22.4 Å². The maximum Gasteiger partial charge on any atom is 0.260 e. The molecule has 1 amide bonds. The van der Waals surface area contributed by atoms with Gasteiger partial charge in [-0.05, 0) is 38.7 Å². The summed E-state index contributed by atoms with van der Waals surface area (Å²) in [4.78, 5) is 18.1. The number of carbonyl (C=O) groups excluding carboxylic acids is 1. The van der Waals surface area contributed by atoms with E-state index in [1.54, 1.807) is 24.3 Å². The average molecular weight is 290 g/mol. The molecule has 2 heterocycles. The second-order valence-electron chi connectivity index (χ2n) is 5.15. The topological polar surface area (TPSA) is 55.1 Å². The van der Waals surface area contributed by atoms with E-state index in [4.69, 9.17) is 4.42 Å². The van der Waals surface area contributed by atoms with Gasteiger partial charge in [-0.1, -0.05) is 12.8 Å². The molecule has 4 nitrogen and oxygen atoms in total. The number of amides is 1. The van der Waals surface area contributed by atoms with E-state index < -0.39 is 0 Å². The first-order valence-electron chi connectivity index (χ1n) is 7.08. The summed E-state index contributed by atoms with van der Waals surface area (Å²) in [5, 5.41) is 3.60. The lowest BCUT2D eigenvalue weighted by atomic mass is 10.0. The third kappa shape index (κ3) is 2.77. The van der Waals surface area contributed by atoms with Gasteiger partial charge in [0.25, 0.3) is 5.91 Å². The number of aryl methyl sites for hydroxylation is 3. The summed E-state index contributed by atoms with van der Waals surface area (Å²) in [7, 11) is 0. The zero-order valence-corrected chi connectivity index (χ0v) is 12.4. The van der Waals surface area contributed by atoms with Crippen molar-refractivity contribution in [3.8, 4) is 0 Å². The highest BCUT2D eigenvalue weighted by Crippen LogP contribution is 2.28. The Labute approximate surface area is 122 Å². The standard InChI is InChI=1S/C15H18N2O2S/c1-10-11(8-9-19-10)14(18)17-15-16-12-6-4-2-3-5-7-13(12)20-15/h8-9H,2-7H2,1H3,(H,16,17,18). The molecule has 0 fully saturated rings. The predicted molar refractivity (Wildman–Crippen MR) is 79.4 cm³/mol. The minimum atomic E-state index is -0.141. The predicted octanol–water partition coefficient (Wildman–Crippen LogP) is 3.96. The maximum atomic E-state index is 12.1. The Hall–Kier alpha value is -1.62. The molecule has 0 aliphatic heterocycles. The fraction of sp³-hybridized carbons (Fsp3) is 0.467. The van der Waals surface area contributed by atoms with E-state index in [-0.39, 0.29) is 5.91 Å². The number of hydrogen-bond donors (Lipinski definition) is 1. The van der Waals surface area contributed by atoms with Gasteiger partial charge in [-0.25, -0.2) is 4.98 Å². The number of furan rings is 1. The number of nitrogens with zero attached hydrogens (tertiary/aromatic N) is 1. The number of aromatic nitrogens is 1. The van der Waals surface area contributed by atoms with Crippen LogP contribution in [0, 0.1) is 6.92 Å². The first-order valence-corrected chi connectivity index (χ1v) is 7.90. The minimum absolute atomic E-state index is 0.141. The van der Waals surface area contributed by atoms with Crippen molar-refractivity contribution in [2.45, 2.75) is 45.4 Å². The summed E-state index contributed by atoms with van der Waals surface area (Å²) in [6, 6.07) is 1.69. The van der Waals surface area contributed by atoms with Crippen LogP contribution >= 0.6 is 11.3 Å². The van der Waals surface area contributed by atoms with Gasteiger partial charge in [-0.15, -0.1) is 11.3 Å². The summed E-state index contributed by atoms with van der Waals surface area (Å²) >= 11 is 1.62. The molecule has 1 aliphatic carbocycles. The van der Waals surface area contributed by atoms with Crippen LogP contribution < -0.4 is 5.32 Å². The van der Waals surface area contributed by atoms with Crippen LogP contribution in [0.5, 0.6) is 0 Å². The Morgan fingerprint density at radius 2 is 2.10 bits per heavy atom. The van der Waals surface area contributed by atoms with Crippen LogP contribution in [0.25, 0.3) is 0 Å². The Bertz CT molecular complexity index is 590. The lowest BCUT2D eigenvalue weighted by molar-refractivity contribution is 0.102. The van der Waals surface area contributed by atoms with Gasteiger partial charge in [0, 0.05) is 4.88 Å². The summed E-state index contributed by atoms with van der Waals surface area (Å²) < 4.78 is 5.16. The summed E-state index contributed by atoms with van der Waals surface area (Å²) in [5.74, 6) is 0.496. The maximum absolute atomic E-state index is 12.1. The zero-order chi connectivity index (χ0) is 13.9. The number of anilines is 1. The molecule has 3 rings (SSSR count). The molecule has 20 heavy (non-hydrogen) atoms. The van der Waals surface area contributed by atoms with Gasteiger partial charge in [0.15, 0.2) is 5.13 Å². The van der Waals surface area contributed by atoms with Gasteiger partial charge in [-0.3, -0.25) is 10.1 Å². The highest BCUT2D eigenvalue weighted by Gasteiger charge is 2.17. The van der Waals surface area contributed by atoms with Crippen LogP contribution in [-0.4, -0.2) is 10.9 Å². The van der Waals surface area contributed by atoms with Crippen molar-refractivity contribution in [2.75, 3.05) is 5.32 Å². The summed E-state index contributed by atoms with van der Waals surface area (Å²) in [6.07, 6.45) is 8.67. The van der Waals surface area contributed by atoms with Crippen molar-refractivity contribution in [1.82, 2.24) is 4.98 Å². The normalized spacial score (nSPS) is 15.2. The van der Waals surface area contributed by atoms with Crippen LogP contribution in [0.15, 0.2) is 16.7 Å². The number of nitrogens with one attached hydrogen (secondary N) is 1. The van der Waals surface area contributed by atoms with E-state index in [0.29, 0.717) is 16.5 Å². The SMILES string of the molecule is Cc1occc1C(=O)Nc1nc2c(s1)CCCCCC2. The molecule has 2 aromatic rings. The first-order chi connectivity index (χ1) is 9.74. The monoisotopic (exact) mass is 290 g/mol. The van der Waals surface area contributed by atoms with Crippen LogP contribution in [0.3, 0.4) is 0 Å². The van der Waals surface area contributed by atoms with E-state index in [9.17, 15) is 4.79 Å². The van der Waals surface area contributed by atoms with E-state index in [2.05, 4.69) is 10.3 Å². The third-order valence-electron chi connectivity index (χ3n) is 3.67. The van der Waals surface area contributed by atoms with E-state index >= 15 is 0 Å². The molecular formula is C15H18N2O2S. The smallest absolute Gasteiger partial charge is 0.260 e. The fourth-order valence-electron chi connectivity index (χ4n) is 2.54. The highest BCUT2D eigenvalue weighted by molar-refractivity contribution is 7.15. The molecule has 0 aromatic carbocycles. The van der Waals surface area contributed by atoms with Crippen LogP contribution in [0.4, 0.5) is 5.13 Å². The van der Waals surface area contributed by atoms with Crippen molar-refractivity contribution in [3.63, 3.8) is 0 Å². The van der Waals surface area contributed by atoms with Crippen molar-refractivity contribution < 1.29 is 9.21 Å². The molecule has 1 N–H and O–H groups in total. The lowest BCUT2D eigenvalue weighted by Crippen LogP contribution is -2.11. The second kappa shape index (κ2) is 5.79. The number of rotatable bonds is 2. The van der Waals surface area contributed by atoms with Crippen LogP contribution in [-0.2, 0) is 12.8 Å². The van der Waals surface area contributed by atoms with Crippen molar-refractivity contribution in [1.29, 1.82) is 0 Å². The van der Waals surface area contributed by atoms with E-state index in [1.165, 1.54) is 42.5 Å². The molecule has 1 aliphatic rings. The number of hydrogen-bond acceptors (Lipinski definition) is 4. The Morgan fingerprint density at radius 1 is 1.30 bits per heavy atom. The van der Waals surface area contributed by atoms with Gasteiger partial charge in [-0.2, -0.15) is 0 Å². The molecule has 0 bridgehead atoms. The second-order valence-corrected chi connectivity index (χ2v) is 6.23. The zero-order valence-electron chi connectivity index (χ0n) is 11.6. The number of carbonyl (C=O) groups is 1. The number of fused-ring (bicyclic) bond motifs is 1. The molecule has 0 unspecified atom stereocenters.